The first kappa shape index (κ1) is 13.1. The lowest BCUT2D eigenvalue weighted by Crippen LogP contribution is -2.46. The van der Waals surface area contributed by atoms with E-state index < -0.39 is 0 Å². The topological polar surface area (TPSA) is 64.3 Å². The first-order valence-corrected chi connectivity index (χ1v) is 6.97. The molecule has 0 aromatic carbocycles. The Morgan fingerprint density at radius 3 is 2.95 bits per heavy atom. The highest BCUT2D eigenvalue weighted by molar-refractivity contribution is 5.94. The van der Waals surface area contributed by atoms with E-state index in [1.54, 1.807) is 13.3 Å². The Kier molecular flexibility index (Phi) is 3.44. The maximum Gasteiger partial charge on any atom is 0.240 e. The van der Waals surface area contributed by atoms with Crippen molar-refractivity contribution < 1.29 is 4.74 Å². The van der Waals surface area contributed by atoms with Crippen molar-refractivity contribution in [3.63, 3.8) is 0 Å². The molecule has 0 amide bonds. The molecule has 0 radical (unpaired) electrons. The van der Waals surface area contributed by atoms with Crippen molar-refractivity contribution in [1.82, 2.24) is 9.97 Å². The zero-order valence-electron chi connectivity index (χ0n) is 11.9. The maximum atomic E-state index is 6.15. The molecule has 2 N–H and O–H groups in total. The van der Waals surface area contributed by atoms with Gasteiger partial charge in [-0.1, -0.05) is 6.92 Å². The van der Waals surface area contributed by atoms with E-state index in [1.807, 2.05) is 12.3 Å². The highest BCUT2D eigenvalue weighted by Gasteiger charge is 2.24. The fourth-order valence-electron chi connectivity index (χ4n) is 3.03. The molecular formula is C15H20N4O. The summed E-state index contributed by atoms with van der Waals surface area (Å²) in [5.41, 5.74) is 8.05. The number of rotatable bonds is 2. The summed E-state index contributed by atoms with van der Waals surface area (Å²) in [6.07, 6.45) is 4.71. The van der Waals surface area contributed by atoms with Gasteiger partial charge < -0.3 is 15.4 Å². The molecule has 0 saturated carbocycles. The molecule has 1 aliphatic rings. The number of aromatic nitrogens is 2. The van der Waals surface area contributed by atoms with Crippen LogP contribution in [0.1, 0.15) is 13.3 Å². The van der Waals surface area contributed by atoms with Crippen LogP contribution in [0.3, 0.4) is 0 Å². The van der Waals surface area contributed by atoms with E-state index in [0.29, 0.717) is 11.8 Å². The van der Waals surface area contributed by atoms with Crippen LogP contribution in [-0.4, -0.2) is 36.2 Å². The second kappa shape index (κ2) is 5.25. The van der Waals surface area contributed by atoms with Gasteiger partial charge in [0.05, 0.1) is 19.0 Å². The Morgan fingerprint density at radius 2 is 2.20 bits per heavy atom. The van der Waals surface area contributed by atoms with Gasteiger partial charge >= 0.3 is 0 Å². The summed E-state index contributed by atoms with van der Waals surface area (Å²) in [5, 5.41) is 1.07. The predicted molar refractivity (Wildman–Crippen MR) is 80.1 cm³/mol. The second-order valence-electron chi connectivity index (χ2n) is 5.56. The van der Waals surface area contributed by atoms with E-state index in [0.717, 1.165) is 36.1 Å². The van der Waals surface area contributed by atoms with Crippen molar-refractivity contribution in [3.05, 3.63) is 24.5 Å². The SMILES string of the molecule is COc1ncc(N2C[C@@H](C)C[C@@H](N)C2)c2cccnc12. The monoisotopic (exact) mass is 272 g/mol. The molecular weight excluding hydrogens is 252 g/mol. The molecule has 2 aromatic rings. The third-order valence-corrected chi connectivity index (χ3v) is 3.82. The summed E-state index contributed by atoms with van der Waals surface area (Å²) in [5.74, 6) is 1.16. The maximum absolute atomic E-state index is 6.15. The van der Waals surface area contributed by atoms with Crippen LogP contribution in [0.25, 0.3) is 10.9 Å². The molecule has 20 heavy (non-hydrogen) atoms. The van der Waals surface area contributed by atoms with Gasteiger partial charge in [-0.05, 0) is 24.5 Å². The predicted octanol–water partition coefficient (Wildman–Crippen LogP) is 1.81. The molecule has 0 unspecified atom stereocenters. The third-order valence-electron chi connectivity index (χ3n) is 3.82. The Morgan fingerprint density at radius 1 is 1.35 bits per heavy atom. The Labute approximate surface area is 118 Å². The molecule has 1 saturated heterocycles. The summed E-state index contributed by atoms with van der Waals surface area (Å²) in [6, 6.07) is 4.22. The van der Waals surface area contributed by atoms with Crippen molar-refractivity contribution in [2.24, 2.45) is 11.7 Å². The van der Waals surface area contributed by atoms with E-state index in [-0.39, 0.29) is 6.04 Å². The van der Waals surface area contributed by atoms with Gasteiger partial charge in [-0.3, -0.25) is 4.98 Å². The number of anilines is 1. The lowest BCUT2D eigenvalue weighted by molar-refractivity contribution is 0.398. The van der Waals surface area contributed by atoms with E-state index in [2.05, 4.69) is 27.9 Å². The van der Waals surface area contributed by atoms with Gasteiger partial charge in [0.2, 0.25) is 5.88 Å². The Hall–Kier alpha value is -1.88. The number of hydrogen-bond donors (Lipinski definition) is 1. The van der Waals surface area contributed by atoms with Gasteiger partial charge in [0.25, 0.3) is 0 Å². The zero-order chi connectivity index (χ0) is 14.1. The lowest BCUT2D eigenvalue weighted by atomic mass is 9.96. The molecule has 0 spiro atoms. The van der Waals surface area contributed by atoms with Gasteiger partial charge in [0.1, 0.15) is 5.52 Å². The normalized spacial score (nSPS) is 23.1. The van der Waals surface area contributed by atoms with E-state index in [9.17, 15) is 0 Å². The molecule has 3 heterocycles. The average molecular weight is 272 g/mol. The van der Waals surface area contributed by atoms with Crippen LogP contribution in [0.5, 0.6) is 5.88 Å². The summed E-state index contributed by atoms with van der Waals surface area (Å²) in [4.78, 5) is 11.1. The molecule has 2 aromatic heterocycles. The first-order valence-electron chi connectivity index (χ1n) is 6.97. The second-order valence-corrected chi connectivity index (χ2v) is 5.56. The largest absolute Gasteiger partial charge is 0.479 e. The molecule has 1 aliphatic heterocycles. The van der Waals surface area contributed by atoms with Gasteiger partial charge in [0, 0.05) is 30.7 Å². The number of nitrogens with zero attached hydrogens (tertiary/aromatic N) is 3. The summed E-state index contributed by atoms with van der Waals surface area (Å²) in [6.45, 7) is 4.11. The number of nitrogens with two attached hydrogens (primary N) is 1. The van der Waals surface area contributed by atoms with Gasteiger partial charge in [-0.2, -0.15) is 0 Å². The number of pyridine rings is 2. The molecule has 1 fully saturated rings. The van der Waals surface area contributed by atoms with Gasteiger partial charge in [0.15, 0.2) is 0 Å². The fraction of sp³-hybridized carbons (Fsp3) is 0.467. The van der Waals surface area contributed by atoms with Crippen LogP contribution in [0.4, 0.5) is 5.69 Å². The van der Waals surface area contributed by atoms with E-state index in [4.69, 9.17) is 10.5 Å². The van der Waals surface area contributed by atoms with E-state index >= 15 is 0 Å². The van der Waals surface area contributed by atoms with Crippen LogP contribution in [0, 0.1) is 5.92 Å². The average Bonchev–Trinajstić information content (AvgIpc) is 2.45. The Bertz CT molecular complexity index is 606. The molecule has 5 heteroatoms. The van der Waals surface area contributed by atoms with Crippen molar-refractivity contribution in [2.45, 2.75) is 19.4 Å². The smallest absolute Gasteiger partial charge is 0.240 e. The van der Waals surface area contributed by atoms with Crippen LogP contribution >= 0.6 is 0 Å². The highest BCUT2D eigenvalue weighted by atomic mass is 16.5. The van der Waals surface area contributed by atoms with Crippen LogP contribution < -0.4 is 15.4 Å². The standard InChI is InChI=1S/C15H20N4O/c1-10-6-11(16)9-19(8-10)13-7-18-15(20-2)14-12(13)4-3-5-17-14/h3-5,7,10-11H,6,8-9,16H2,1-2H3/t10-,11+/m0/s1. The Balaban J connectivity index is 2.08. The molecule has 106 valence electrons. The summed E-state index contributed by atoms with van der Waals surface area (Å²) in [7, 11) is 1.62. The third kappa shape index (κ3) is 2.29. The lowest BCUT2D eigenvalue weighted by Gasteiger charge is -2.36. The van der Waals surface area contributed by atoms with Gasteiger partial charge in [-0.15, -0.1) is 0 Å². The first-order chi connectivity index (χ1) is 9.69. The van der Waals surface area contributed by atoms with Crippen molar-refractivity contribution in [2.75, 3.05) is 25.1 Å². The number of piperidine rings is 1. The summed E-state index contributed by atoms with van der Waals surface area (Å²) < 4.78 is 5.30. The number of ether oxygens (including phenoxy) is 1. The van der Waals surface area contributed by atoms with E-state index in [1.165, 1.54) is 0 Å². The van der Waals surface area contributed by atoms with Crippen LogP contribution in [0.15, 0.2) is 24.5 Å². The molecule has 5 nitrogen and oxygen atoms in total. The highest BCUT2D eigenvalue weighted by Crippen LogP contribution is 2.32. The number of hydrogen-bond acceptors (Lipinski definition) is 5. The molecule has 0 aliphatic carbocycles. The molecule has 3 rings (SSSR count). The van der Waals surface area contributed by atoms with Crippen molar-refractivity contribution >= 4 is 16.6 Å². The van der Waals surface area contributed by atoms with Crippen molar-refractivity contribution in [1.29, 1.82) is 0 Å². The fourth-order valence-corrected chi connectivity index (χ4v) is 3.03. The van der Waals surface area contributed by atoms with Crippen LogP contribution in [-0.2, 0) is 0 Å². The number of fused-ring (bicyclic) bond motifs is 1. The quantitative estimate of drug-likeness (QED) is 0.903. The molecule has 2 atom stereocenters. The minimum atomic E-state index is 0.215. The van der Waals surface area contributed by atoms with Gasteiger partial charge in [-0.25, -0.2) is 4.98 Å². The summed E-state index contributed by atoms with van der Waals surface area (Å²) >= 11 is 0. The number of methoxy groups -OCH3 is 1. The minimum Gasteiger partial charge on any atom is -0.479 e. The minimum absolute atomic E-state index is 0.215. The van der Waals surface area contributed by atoms with Crippen LogP contribution in [0.2, 0.25) is 0 Å². The zero-order valence-corrected chi connectivity index (χ0v) is 11.9. The molecule has 0 bridgehead atoms. The van der Waals surface area contributed by atoms with Crippen molar-refractivity contribution in [3.8, 4) is 5.88 Å².